The molecule has 1 nitrogen and oxygen atoms in total. The number of hydrogen-bond donors (Lipinski definition) is 0. The zero-order chi connectivity index (χ0) is 11.7. The Kier molecular flexibility index (Phi) is 3.44. The van der Waals surface area contributed by atoms with Crippen molar-refractivity contribution in [2.75, 3.05) is 12.8 Å². The highest BCUT2D eigenvalue weighted by Gasteiger charge is 2.36. The number of fused-ring (bicyclic) bond motifs is 1. The Bertz CT molecular complexity index is 390. The number of thioether (sulfide) groups is 1. The second-order valence-corrected chi connectivity index (χ2v) is 6.07. The third-order valence-electron chi connectivity index (χ3n) is 4.34. The van der Waals surface area contributed by atoms with Crippen LogP contribution in [-0.4, -0.2) is 23.7 Å². The lowest BCUT2D eigenvalue weighted by atomic mass is 10.0. The van der Waals surface area contributed by atoms with Crippen molar-refractivity contribution in [3.63, 3.8) is 0 Å². The van der Waals surface area contributed by atoms with Gasteiger partial charge in [-0.05, 0) is 50.1 Å². The van der Waals surface area contributed by atoms with Crippen LogP contribution >= 0.6 is 11.8 Å². The Morgan fingerprint density at radius 2 is 2.00 bits per heavy atom. The molecule has 0 spiro atoms. The lowest BCUT2D eigenvalue weighted by Crippen LogP contribution is -2.35. The van der Waals surface area contributed by atoms with Crippen LogP contribution in [0.1, 0.15) is 43.7 Å². The molecule has 1 aromatic rings. The number of hydrogen-bond acceptors (Lipinski definition) is 2. The number of benzene rings is 1. The van der Waals surface area contributed by atoms with Crippen LogP contribution in [0.15, 0.2) is 29.2 Å². The molecular weight excluding hydrogens is 226 g/mol. The van der Waals surface area contributed by atoms with Gasteiger partial charge in [-0.2, -0.15) is 0 Å². The third-order valence-corrected chi connectivity index (χ3v) is 5.16. The van der Waals surface area contributed by atoms with Crippen molar-refractivity contribution in [1.29, 1.82) is 0 Å². The van der Waals surface area contributed by atoms with Gasteiger partial charge in [0.15, 0.2) is 0 Å². The summed E-state index contributed by atoms with van der Waals surface area (Å²) in [6, 6.07) is 10.6. The highest BCUT2D eigenvalue weighted by atomic mass is 32.2. The van der Waals surface area contributed by atoms with Crippen LogP contribution in [0.25, 0.3) is 0 Å². The summed E-state index contributed by atoms with van der Waals surface area (Å²) in [5.74, 6) is 0. The first-order chi connectivity index (χ1) is 8.40. The Morgan fingerprint density at radius 1 is 1.12 bits per heavy atom. The van der Waals surface area contributed by atoms with E-state index in [1.54, 1.807) is 5.56 Å². The standard InChI is InChI=1S/C15H21NS/c1-17-15-8-3-2-7-13(15)14-10-9-12-6-4-5-11-16(12)14/h2-3,7-8,12,14H,4-6,9-11H2,1H3. The van der Waals surface area contributed by atoms with E-state index in [9.17, 15) is 0 Å². The summed E-state index contributed by atoms with van der Waals surface area (Å²) >= 11 is 1.89. The van der Waals surface area contributed by atoms with Crippen molar-refractivity contribution in [3.05, 3.63) is 29.8 Å². The monoisotopic (exact) mass is 247 g/mol. The molecular formula is C15H21NS. The fraction of sp³-hybridized carbons (Fsp3) is 0.600. The summed E-state index contributed by atoms with van der Waals surface area (Å²) in [5.41, 5.74) is 1.57. The van der Waals surface area contributed by atoms with E-state index < -0.39 is 0 Å². The maximum atomic E-state index is 2.78. The topological polar surface area (TPSA) is 3.24 Å². The minimum absolute atomic E-state index is 0.698. The van der Waals surface area contributed by atoms with E-state index in [-0.39, 0.29) is 0 Å². The number of piperidine rings is 1. The van der Waals surface area contributed by atoms with Gasteiger partial charge >= 0.3 is 0 Å². The van der Waals surface area contributed by atoms with Gasteiger partial charge in [0.2, 0.25) is 0 Å². The van der Waals surface area contributed by atoms with Crippen LogP contribution in [0.3, 0.4) is 0 Å². The molecule has 2 aliphatic heterocycles. The number of rotatable bonds is 2. The maximum absolute atomic E-state index is 2.78. The van der Waals surface area contributed by atoms with Crippen molar-refractivity contribution in [2.24, 2.45) is 0 Å². The van der Waals surface area contributed by atoms with Gasteiger partial charge in [0, 0.05) is 17.0 Å². The molecule has 2 unspecified atom stereocenters. The van der Waals surface area contributed by atoms with Crippen molar-refractivity contribution >= 4 is 11.8 Å². The molecule has 2 saturated heterocycles. The summed E-state index contributed by atoms with van der Waals surface area (Å²) in [7, 11) is 0. The average Bonchev–Trinajstić information content (AvgIpc) is 2.82. The smallest absolute Gasteiger partial charge is 0.0362 e. The van der Waals surface area contributed by atoms with Gasteiger partial charge in [-0.15, -0.1) is 11.8 Å². The van der Waals surface area contributed by atoms with Crippen LogP contribution in [-0.2, 0) is 0 Å². The van der Waals surface area contributed by atoms with Gasteiger partial charge in [0.05, 0.1) is 0 Å². The molecule has 2 aliphatic rings. The summed E-state index contributed by atoms with van der Waals surface area (Å²) in [4.78, 5) is 4.25. The Hall–Kier alpha value is -0.470. The zero-order valence-electron chi connectivity index (χ0n) is 10.6. The zero-order valence-corrected chi connectivity index (χ0v) is 11.4. The minimum Gasteiger partial charge on any atom is -0.293 e. The molecule has 0 amide bonds. The molecule has 0 saturated carbocycles. The molecule has 2 atom stereocenters. The van der Waals surface area contributed by atoms with E-state index >= 15 is 0 Å². The molecule has 1 aromatic carbocycles. The summed E-state index contributed by atoms with van der Waals surface area (Å²) < 4.78 is 0. The lowest BCUT2D eigenvalue weighted by Gasteiger charge is -2.34. The summed E-state index contributed by atoms with van der Waals surface area (Å²) in [6.07, 6.45) is 9.24. The van der Waals surface area contributed by atoms with E-state index in [1.165, 1.54) is 43.5 Å². The molecule has 17 heavy (non-hydrogen) atoms. The Balaban J connectivity index is 1.88. The fourth-order valence-electron chi connectivity index (χ4n) is 3.54. The first kappa shape index (κ1) is 11.6. The molecule has 0 N–H and O–H groups in total. The van der Waals surface area contributed by atoms with E-state index in [4.69, 9.17) is 0 Å². The van der Waals surface area contributed by atoms with Crippen LogP contribution in [0.4, 0.5) is 0 Å². The number of nitrogens with zero attached hydrogens (tertiary/aromatic N) is 1. The van der Waals surface area contributed by atoms with Gasteiger partial charge in [0.1, 0.15) is 0 Å². The highest BCUT2D eigenvalue weighted by molar-refractivity contribution is 7.98. The third kappa shape index (κ3) is 2.13. The molecule has 0 aromatic heterocycles. The molecule has 2 heteroatoms. The summed E-state index contributed by atoms with van der Waals surface area (Å²) in [6.45, 7) is 1.32. The van der Waals surface area contributed by atoms with E-state index in [0.717, 1.165) is 6.04 Å². The SMILES string of the molecule is CSc1ccccc1C1CCC2CCCCN21. The van der Waals surface area contributed by atoms with E-state index in [1.807, 2.05) is 11.8 Å². The Labute approximate surface area is 109 Å². The largest absolute Gasteiger partial charge is 0.293 e. The second-order valence-electron chi connectivity index (χ2n) is 5.22. The normalized spacial score (nSPS) is 29.2. The molecule has 0 bridgehead atoms. The predicted octanol–water partition coefficient (Wildman–Crippen LogP) is 4.10. The molecule has 0 radical (unpaired) electrons. The van der Waals surface area contributed by atoms with Crippen LogP contribution < -0.4 is 0 Å². The quantitative estimate of drug-likeness (QED) is 0.724. The summed E-state index contributed by atoms with van der Waals surface area (Å²) in [5, 5.41) is 0. The van der Waals surface area contributed by atoms with Gasteiger partial charge in [0.25, 0.3) is 0 Å². The molecule has 92 valence electrons. The van der Waals surface area contributed by atoms with E-state index in [2.05, 4.69) is 35.4 Å². The molecule has 0 aliphatic carbocycles. The molecule has 2 fully saturated rings. The molecule has 2 heterocycles. The minimum atomic E-state index is 0.698. The Morgan fingerprint density at radius 3 is 2.88 bits per heavy atom. The van der Waals surface area contributed by atoms with Crippen molar-refractivity contribution in [2.45, 2.75) is 49.1 Å². The lowest BCUT2D eigenvalue weighted by molar-refractivity contribution is 0.148. The molecule has 3 rings (SSSR count). The van der Waals surface area contributed by atoms with Crippen LogP contribution in [0.5, 0.6) is 0 Å². The highest BCUT2D eigenvalue weighted by Crippen LogP contribution is 2.42. The maximum Gasteiger partial charge on any atom is 0.0362 e. The first-order valence-electron chi connectivity index (χ1n) is 6.79. The van der Waals surface area contributed by atoms with E-state index in [0.29, 0.717) is 6.04 Å². The van der Waals surface area contributed by atoms with Gasteiger partial charge in [-0.25, -0.2) is 0 Å². The van der Waals surface area contributed by atoms with Crippen LogP contribution in [0.2, 0.25) is 0 Å². The van der Waals surface area contributed by atoms with Gasteiger partial charge in [-0.3, -0.25) is 4.90 Å². The van der Waals surface area contributed by atoms with Crippen molar-refractivity contribution in [3.8, 4) is 0 Å². The van der Waals surface area contributed by atoms with Crippen LogP contribution in [0, 0.1) is 0 Å². The fourth-order valence-corrected chi connectivity index (χ4v) is 4.19. The van der Waals surface area contributed by atoms with Crippen molar-refractivity contribution in [1.82, 2.24) is 4.90 Å². The predicted molar refractivity (Wildman–Crippen MR) is 74.5 cm³/mol. The first-order valence-corrected chi connectivity index (χ1v) is 8.01. The van der Waals surface area contributed by atoms with Gasteiger partial charge < -0.3 is 0 Å². The average molecular weight is 247 g/mol. The van der Waals surface area contributed by atoms with Gasteiger partial charge in [-0.1, -0.05) is 24.6 Å². The van der Waals surface area contributed by atoms with Crippen molar-refractivity contribution < 1.29 is 0 Å². The second kappa shape index (κ2) is 5.03.